The van der Waals surface area contributed by atoms with Crippen LogP contribution < -0.4 is 5.32 Å². The summed E-state index contributed by atoms with van der Waals surface area (Å²) < 4.78 is 0. The molecule has 0 saturated carbocycles. The Balaban J connectivity index is 1.80. The van der Waals surface area contributed by atoms with Gasteiger partial charge in [0.2, 0.25) is 5.91 Å². The van der Waals surface area contributed by atoms with Gasteiger partial charge in [0.15, 0.2) is 0 Å². The lowest BCUT2D eigenvalue weighted by Gasteiger charge is -2.24. The van der Waals surface area contributed by atoms with Gasteiger partial charge in [-0.1, -0.05) is 0 Å². The van der Waals surface area contributed by atoms with Gasteiger partial charge < -0.3 is 10.2 Å². The largest absolute Gasteiger partial charge is 0.341 e. The average molecular weight is 236 g/mol. The van der Waals surface area contributed by atoms with E-state index in [1.54, 1.807) is 6.20 Å². The number of nitrogens with one attached hydrogen (secondary N) is 2. The molecular weight excluding hydrogens is 216 g/mol. The number of rotatable bonds is 5. The molecule has 0 radical (unpaired) electrons. The van der Waals surface area contributed by atoms with E-state index < -0.39 is 0 Å². The lowest BCUT2D eigenvalue weighted by atomic mass is 10.2. The minimum absolute atomic E-state index is 0.227. The topological polar surface area (TPSA) is 61.0 Å². The van der Waals surface area contributed by atoms with Crippen LogP contribution in [0.4, 0.5) is 0 Å². The number of aromatic amines is 1. The third-order valence-electron chi connectivity index (χ3n) is 3.19. The van der Waals surface area contributed by atoms with E-state index >= 15 is 0 Å². The minimum atomic E-state index is 0.227. The standard InChI is InChI=1S/C12H20N4O/c1-9(8-16-7-3-4-12(16)17)14-10(2)11-5-6-13-15-11/h5-6,9-10,14H,3-4,7-8H2,1-2H3,(H,13,15). The van der Waals surface area contributed by atoms with Gasteiger partial charge in [0, 0.05) is 37.8 Å². The van der Waals surface area contributed by atoms with E-state index in [-0.39, 0.29) is 18.0 Å². The Kier molecular flexibility index (Phi) is 3.78. The summed E-state index contributed by atoms with van der Waals surface area (Å²) in [6.07, 6.45) is 3.46. The Morgan fingerprint density at radius 3 is 3.00 bits per heavy atom. The molecule has 1 saturated heterocycles. The molecule has 1 amide bonds. The highest BCUT2D eigenvalue weighted by Crippen LogP contribution is 2.12. The van der Waals surface area contributed by atoms with Gasteiger partial charge in [0.1, 0.15) is 0 Å². The SMILES string of the molecule is CC(CN1CCCC1=O)NC(C)c1ccn[nH]1. The summed E-state index contributed by atoms with van der Waals surface area (Å²) in [5.74, 6) is 0.285. The first kappa shape index (κ1) is 12.1. The molecule has 0 aliphatic carbocycles. The molecule has 5 heteroatoms. The second-order valence-corrected chi connectivity index (χ2v) is 4.74. The van der Waals surface area contributed by atoms with Gasteiger partial charge in [-0.15, -0.1) is 0 Å². The van der Waals surface area contributed by atoms with Crippen molar-refractivity contribution in [3.05, 3.63) is 18.0 Å². The van der Waals surface area contributed by atoms with Crippen LogP contribution in [0.25, 0.3) is 0 Å². The molecule has 0 aromatic carbocycles. The zero-order valence-corrected chi connectivity index (χ0v) is 10.4. The van der Waals surface area contributed by atoms with E-state index in [0.29, 0.717) is 6.42 Å². The second kappa shape index (κ2) is 5.31. The summed E-state index contributed by atoms with van der Waals surface area (Å²) in [4.78, 5) is 13.4. The fraction of sp³-hybridized carbons (Fsp3) is 0.667. The summed E-state index contributed by atoms with van der Waals surface area (Å²) in [7, 11) is 0. The summed E-state index contributed by atoms with van der Waals surface area (Å²) in [5.41, 5.74) is 1.07. The molecule has 1 aliphatic rings. The molecule has 1 aromatic rings. The van der Waals surface area contributed by atoms with Crippen LogP contribution >= 0.6 is 0 Å². The van der Waals surface area contributed by atoms with Crippen LogP contribution in [0.1, 0.15) is 38.4 Å². The first-order valence-electron chi connectivity index (χ1n) is 6.20. The van der Waals surface area contributed by atoms with Crippen molar-refractivity contribution in [2.75, 3.05) is 13.1 Å². The predicted molar refractivity (Wildman–Crippen MR) is 65.4 cm³/mol. The van der Waals surface area contributed by atoms with Crippen molar-refractivity contribution in [1.82, 2.24) is 20.4 Å². The van der Waals surface area contributed by atoms with Crippen LogP contribution in [0.2, 0.25) is 0 Å². The van der Waals surface area contributed by atoms with Gasteiger partial charge in [0.25, 0.3) is 0 Å². The van der Waals surface area contributed by atoms with Gasteiger partial charge >= 0.3 is 0 Å². The van der Waals surface area contributed by atoms with Crippen molar-refractivity contribution >= 4 is 5.91 Å². The zero-order valence-electron chi connectivity index (χ0n) is 10.4. The van der Waals surface area contributed by atoms with Crippen molar-refractivity contribution in [3.63, 3.8) is 0 Å². The molecule has 2 unspecified atom stereocenters. The highest BCUT2D eigenvalue weighted by molar-refractivity contribution is 5.78. The number of hydrogen-bond acceptors (Lipinski definition) is 3. The maximum atomic E-state index is 11.5. The molecule has 0 bridgehead atoms. The number of carbonyl (C=O) groups is 1. The van der Waals surface area contributed by atoms with E-state index in [0.717, 1.165) is 25.2 Å². The normalized spacial score (nSPS) is 19.6. The summed E-state index contributed by atoms with van der Waals surface area (Å²) in [6, 6.07) is 2.48. The zero-order chi connectivity index (χ0) is 12.3. The smallest absolute Gasteiger partial charge is 0.222 e. The Morgan fingerprint density at radius 1 is 1.59 bits per heavy atom. The molecule has 2 rings (SSSR count). The Hall–Kier alpha value is -1.36. The minimum Gasteiger partial charge on any atom is -0.341 e. The third kappa shape index (κ3) is 3.06. The summed E-state index contributed by atoms with van der Waals surface area (Å²) in [6.45, 7) is 5.90. The van der Waals surface area contributed by atoms with Crippen molar-refractivity contribution in [2.45, 2.75) is 38.8 Å². The first-order valence-corrected chi connectivity index (χ1v) is 6.20. The number of aromatic nitrogens is 2. The van der Waals surface area contributed by atoms with Gasteiger partial charge in [-0.3, -0.25) is 9.89 Å². The van der Waals surface area contributed by atoms with E-state index in [4.69, 9.17) is 0 Å². The maximum Gasteiger partial charge on any atom is 0.222 e. The van der Waals surface area contributed by atoms with Crippen molar-refractivity contribution in [3.8, 4) is 0 Å². The lowest BCUT2D eigenvalue weighted by molar-refractivity contribution is -0.127. The monoisotopic (exact) mass is 236 g/mol. The first-order chi connectivity index (χ1) is 8.16. The van der Waals surface area contributed by atoms with Crippen LogP contribution in [0.5, 0.6) is 0 Å². The molecule has 5 nitrogen and oxygen atoms in total. The highest BCUT2D eigenvalue weighted by Gasteiger charge is 2.22. The lowest BCUT2D eigenvalue weighted by Crippen LogP contribution is -2.40. The van der Waals surface area contributed by atoms with Crippen LogP contribution in [0, 0.1) is 0 Å². The van der Waals surface area contributed by atoms with Crippen LogP contribution in [0.15, 0.2) is 12.3 Å². The van der Waals surface area contributed by atoms with Gasteiger partial charge in [0.05, 0.1) is 5.69 Å². The molecule has 1 aromatic heterocycles. The molecule has 1 fully saturated rings. The van der Waals surface area contributed by atoms with Crippen LogP contribution in [-0.2, 0) is 4.79 Å². The van der Waals surface area contributed by atoms with Crippen LogP contribution in [0.3, 0.4) is 0 Å². The maximum absolute atomic E-state index is 11.5. The van der Waals surface area contributed by atoms with Crippen molar-refractivity contribution in [2.24, 2.45) is 0 Å². The highest BCUT2D eigenvalue weighted by atomic mass is 16.2. The Labute approximate surface area is 102 Å². The molecule has 94 valence electrons. The average Bonchev–Trinajstić information content (AvgIpc) is 2.90. The fourth-order valence-electron chi connectivity index (χ4n) is 2.30. The molecular formula is C12H20N4O. The quantitative estimate of drug-likeness (QED) is 0.804. The fourth-order valence-corrected chi connectivity index (χ4v) is 2.30. The second-order valence-electron chi connectivity index (χ2n) is 4.74. The number of amides is 1. The number of nitrogens with zero attached hydrogens (tertiary/aromatic N) is 2. The number of hydrogen-bond donors (Lipinski definition) is 2. The van der Waals surface area contributed by atoms with E-state index in [9.17, 15) is 4.79 Å². The molecule has 17 heavy (non-hydrogen) atoms. The van der Waals surface area contributed by atoms with Gasteiger partial charge in [-0.25, -0.2) is 0 Å². The molecule has 2 heterocycles. The number of likely N-dealkylation sites (tertiary alicyclic amines) is 1. The van der Waals surface area contributed by atoms with Crippen molar-refractivity contribution in [1.29, 1.82) is 0 Å². The predicted octanol–water partition coefficient (Wildman–Crippen LogP) is 1.07. The van der Waals surface area contributed by atoms with E-state index in [1.165, 1.54) is 0 Å². The van der Waals surface area contributed by atoms with Gasteiger partial charge in [-0.05, 0) is 26.3 Å². The van der Waals surface area contributed by atoms with Crippen molar-refractivity contribution < 1.29 is 4.79 Å². The van der Waals surface area contributed by atoms with E-state index in [1.807, 2.05) is 11.0 Å². The van der Waals surface area contributed by atoms with Crippen LogP contribution in [-0.4, -0.2) is 40.1 Å². The molecule has 2 atom stereocenters. The summed E-state index contributed by atoms with van der Waals surface area (Å²) >= 11 is 0. The third-order valence-corrected chi connectivity index (χ3v) is 3.19. The summed E-state index contributed by atoms with van der Waals surface area (Å²) in [5, 5.41) is 10.4. The molecule has 0 spiro atoms. The molecule has 1 aliphatic heterocycles. The Morgan fingerprint density at radius 2 is 2.41 bits per heavy atom. The number of carbonyl (C=O) groups excluding carboxylic acids is 1. The number of H-pyrrole nitrogens is 1. The Bertz CT molecular complexity index is 363. The van der Waals surface area contributed by atoms with Gasteiger partial charge in [-0.2, -0.15) is 5.10 Å². The van der Waals surface area contributed by atoms with E-state index in [2.05, 4.69) is 29.4 Å². The molecule has 2 N–H and O–H groups in total.